The number of benzene rings is 1. The summed E-state index contributed by atoms with van der Waals surface area (Å²) in [6.45, 7) is 2.65. The topological polar surface area (TPSA) is 46.2 Å². The van der Waals surface area contributed by atoms with E-state index >= 15 is 0 Å². The van der Waals surface area contributed by atoms with Gasteiger partial charge >= 0.3 is 0 Å². The molecule has 0 amide bonds. The Hall–Kier alpha value is -0.730. The molecule has 1 aromatic carbocycles. The van der Waals surface area contributed by atoms with Crippen LogP contribution in [-0.4, -0.2) is 11.7 Å². The molecule has 0 saturated carbocycles. The first-order valence-electron chi connectivity index (χ1n) is 3.73. The predicted molar refractivity (Wildman–Crippen MR) is 52.8 cm³/mol. The highest BCUT2D eigenvalue weighted by atomic mass is 35.5. The summed E-state index contributed by atoms with van der Waals surface area (Å²) in [7, 11) is 0. The van der Waals surface area contributed by atoms with Crippen molar-refractivity contribution in [3.63, 3.8) is 0 Å². The van der Waals surface area contributed by atoms with E-state index in [1.165, 1.54) is 0 Å². The number of aromatic hydroxyl groups is 1. The van der Waals surface area contributed by atoms with Gasteiger partial charge in [-0.2, -0.15) is 0 Å². The van der Waals surface area contributed by atoms with Crippen molar-refractivity contribution in [2.45, 2.75) is 12.8 Å². The fourth-order valence-corrected chi connectivity index (χ4v) is 0.967. The molecule has 0 saturated heterocycles. The van der Waals surface area contributed by atoms with Crippen molar-refractivity contribution in [2.24, 2.45) is 5.73 Å². The second-order valence-corrected chi connectivity index (χ2v) is 2.73. The summed E-state index contributed by atoms with van der Waals surface area (Å²) in [4.78, 5) is 0. The van der Waals surface area contributed by atoms with Crippen LogP contribution in [0.15, 0.2) is 24.3 Å². The van der Waals surface area contributed by atoms with Crippen LogP contribution in [0.2, 0.25) is 0 Å². The lowest BCUT2D eigenvalue weighted by Crippen LogP contribution is -2.08. The van der Waals surface area contributed by atoms with Gasteiger partial charge in [0.05, 0.1) is 0 Å². The van der Waals surface area contributed by atoms with Crippen molar-refractivity contribution >= 4 is 12.4 Å². The molecule has 1 rings (SSSR count). The molecule has 3 heteroatoms. The monoisotopic (exact) mass is 187 g/mol. The lowest BCUT2D eigenvalue weighted by atomic mass is 10.0. The Bertz CT molecular complexity index is 240. The fraction of sp³-hybridized carbons (Fsp3) is 0.333. The van der Waals surface area contributed by atoms with Gasteiger partial charge in [0.15, 0.2) is 0 Å². The minimum atomic E-state index is 0. The SMILES string of the molecule is CC(CN)c1cccc(O)c1.Cl. The van der Waals surface area contributed by atoms with E-state index in [9.17, 15) is 0 Å². The molecular weight excluding hydrogens is 174 g/mol. The maximum absolute atomic E-state index is 9.12. The molecule has 68 valence electrons. The maximum Gasteiger partial charge on any atom is 0.115 e. The van der Waals surface area contributed by atoms with E-state index in [4.69, 9.17) is 10.8 Å². The molecule has 0 bridgehead atoms. The molecule has 0 aliphatic carbocycles. The van der Waals surface area contributed by atoms with E-state index in [0.29, 0.717) is 18.2 Å². The molecule has 0 heterocycles. The highest BCUT2D eigenvalue weighted by Gasteiger charge is 2.02. The van der Waals surface area contributed by atoms with E-state index < -0.39 is 0 Å². The van der Waals surface area contributed by atoms with Gasteiger partial charge in [-0.3, -0.25) is 0 Å². The van der Waals surface area contributed by atoms with Crippen molar-refractivity contribution < 1.29 is 5.11 Å². The van der Waals surface area contributed by atoms with Crippen LogP contribution < -0.4 is 5.73 Å². The lowest BCUT2D eigenvalue weighted by Gasteiger charge is -2.07. The zero-order chi connectivity index (χ0) is 8.27. The largest absolute Gasteiger partial charge is 0.508 e. The number of nitrogens with two attached hydrogens (primary N) is 1. The van der Waals surface area contributed by atoms with Gasteiger partial charge in [-0.25, -0.2) is 0 Å². The maximum atomic E-state index is 9.12. The average Bonchev–Trinajstić information content (AvgIpc) is 2.03. The molecule has 0 aromatic heterocycles. The molecule has 0 radical (unpaired) electrons. The molecule has 2 nitrogen and oxygen atoms in total. The van der Waals surface area contributed by atoms with Crippen LogP contribution >= 0.6 is 12.4 Å². The van der Waals surface area contributed by atoms with Crippen molar-refractivity contribution in [1.82, 2.24) is 0 Å². The van der Waals surface area contributed by atoms with Crippen LogP contribution in [-0.2, 0) is 0 Å². The van der Waals surface area contributed by atoms with E-state index in [1.807, 2.05) is 19.1 Å². The van der Waals surface area contributed by atoms with Gasteiger partial charge in [-0.15, -0.1) is 12.4 Å². The smallest absolute Gasteiger partial charge is 0.115 e. The Morgan fingerprint density at radius 2 is 2.17 bits per heavy atom. The zero-order valence-corrected chi connectivity index (χ0v) is 7.84. The molecule has 0 aliphatic heterocycles. The summed E-state index contributed by atoms with van der Waals surface area (Å²) in [5.41, 5.74) is 6.56. The third kappa shape index (κ3) is 2.72. The van der Waals surface area contributed by atoms with Crippen LogP contribution in [0.3, 0.4) is 0 Å². The van der Waals surface area contributed by atoms with Crippen LogP contribution in [0, 0.1) is 0 Å². The van der Waals surface area contributed by atoms with Crippen molar-refractivity contribution in [2.75, 3.05) is 6.54 Å². The predicted octanol–water partition coefficient (Wildman–Crippen LogP) is 1.88. The van der Waals surface area contributed by atoms with E-state index in [1.54, 1.807) is 12.1 Å². The van der Waals surface area contributed by atoms with Crippen LogP contribution in [0.1, 0.15) is 18.4 Å². The van der Waals surface area contributed by atoms with E-state index in [0.717, 1.165) is 5.56 Å². The van der Waals surface area contributed by atoms with Gasteiger partial charge in [0.1, 0.15) is 5.75 Å². The first-order chi connectivity index (χ1) is 5.24. The summed E-state index contributed by atoms with van der Waals surface area (Å²) in [5, 5.41) is 9.12. The summed E-state index contributed by atoms with van der Waals surface area (Å²) < 4.78 is 0. The minimum Gasteiger partial charge on any atom is -0.508 e. The third-order valence-electron chi connectivity index (χ3n) is 1.79. The molecular formula is C9H14ClNO. The first-order valence-corrected chi connectivity index (χ1v) is 3.73. The molecule has 1 unspecified atom stereocenters. The Balaban J connectivity index is 0.00000121. The lowest BCUT2D eigenvalue weighted by molar-refractivity contribution is 0.474. The number of halogens is 1. The Labute approximate surface area is 78.8 Å². The first kappa shape index (κ1) is 11.3. The number of phenolic OH excluding ortho intramolecular Hbond substituents is 1. The molecule has 0 spiro atoms. The van der Waals surface area contributed by atoms with E-state index in [-0.39, 0.29) is 12.4 Å². The van der Waals surface area contributed by atoms with Gasteiger partial charge in [0, 0.05) is 0 Å². The van der Waals surface area contributed by atoms with E-state index in [2.05, 4.69) is 0 Å². The zero-order valence-electron chi connectivity index (χ0n) is 7.03. The second kappa shape index (κ2) is 5.01. The highest BCUT2D eigenvalue weighted by molar-refractivity contribution is 5.85. The standard InChI is InChI=1S/C9H13NO.ClH/c1-7(6-10)8-3-2-4-9(11)5-8;/h2-5,7,11H,6,10H2,1H3;1H. The summed E-state index contributed by atoms with van der Waals surface area (Å²) in [5.74, 6) is 0.630. The number of phenols is 1. The number of hydrogen-bond acceptors (Lipinski definition) is 2. The van der Waals surface area contributed by atoms with Gasteiger partial charge in [0.25, 0.3) is 0 Å². The normalized spacial score (nSPS) is 11.8. The summed E-state index contributed by atoms with van der Waals surface area (Å²) in [6.07, 6.45) is 0. The van der Waals surface area contributed by atoms with Crippen LogP contribution in [0.5, 0.6) is 5.75 Å². The molecule has 1 aromatic rings. The molecule has 12 heavy (non-hydrogen) atoms. The molecule has 3 N–H and O–H groups in total. The summed E-state index contributed by atoms with van der Waals surface area (Å²) in [6, 6.07) is 7.21. The third-order valence-corrected chi connectivity index (χ3v) is 1.79. The number of rotatable bonds is 2. The Kier molecular flexibility index (Phi) is 4.71. The van der Waals surface area contributed by atoms with Gasteiger partial charge in [0.2, 0.25) is 0 Å². The Morgan fingerprint density at radius 3 is 2.67 bits per heavy atom. The van der Waals surface area contributed by atoms with Crippen LogP contribution in [0.4, 0.5) is 0 Å². The second-order valence-electron chi connectivity index (χ2n) is 2.73. The van der Waals surface area contributed by atoms with Gasteiger partial charge in [-0.1, -0.05) is 19.1 Å². The molecule has 0 fully saturated rings. The fourth-order valence-electron chi connectivity index (χ4n) is 0.967. The Morgan fingerprint density at radius 1 is 1.50 bits per heavy atom. The van der Waals surface area contributed by atoms with Gasteiger partial charge < -0.3 is 10.8 Å². The highest BCUT2D eigenvalue weighted by Crippen LogP contribution is 2.18. The van der Waals surface area contributed by atoms with Crippen molar-refractivity contribution in [3.05, 3.63) is 29.8 Å². The van der Waals surface area contributed by atoms with Gasteiger partial charge in [-0.05, 0) is 30.2 Å². The summed E-state index contributed by atoms with van der Waals surface area (Å²) >= 11 is 0. The number of hydrogen-bond donors (Lipinski definition) is 2. The minimum absolute atomic E-state index is 0. The average molecular weight is 188 g/mol. The van der Waals surface area contributed by atoms with Crippen molar-refractivity contribution in [3.8, 4) is 5.75 Å². The molecule has 1 atom stereocenters. The molecule has 0 aliphatic rings. The van der Waals surface area contributed by atoms with Crippen molar-refractivity contribution in [1.29, 1.82) is 0 Å². The van der Waals surface area contributed by atoms with Crippen LogP contribution in [0.25, 0.3) is 0 Å². The quantitative estimate of drug-likeness (QED) is 0.743.